The number of nitrogens with one attached hydrogen (secondary N) is 1. The number of aryl methyl sites for hydroxylation is 1. The molecule has 152 valence electrons. The predicted molar refractivity (Wildman–Crippen MR) is 113 cm³/mol. The number of benzene rings is 2. The van der Waals surface area contributed by atoms with Crippen molar-refractivity contribution in [1.29, 1.82) is 0 Å². The number of anilines is 1. The van der Waals surface area contributed by atoms with Crippen LogP contribution in [0.15, 0.2) is 46.9 Å². The number of halogens is 2. The molecule has 7 nitrogen and oxygen atoms in total. The third-order valence-electron chi connectivity index (χ3n) is 3.84. The zero-order valence-corrected chi connectivity index (χ0v) is 17.3. The van der Waals surface area contributed by atoms with E-state index in [1.54, 1.807) is 13.0 Å². The SMILES string of the molecule is CC.Cc1cc([N+](=O)[O-])ccc1NC(=O)c1cc(Cl)c(-c2ccc(Cl)o2)cc1O. The Balaban J connectivity index is 0.00000145. The molecule has 1 amide bonds. The number of nitro benzene ring substituents is 1. The first kappa shape index (κ1) is 22.3. The summed E-state index contributed by atoms with van der Waals surface area (Å²) in [7, 11) is 0. The molecular weight excluding hydrogens is 419 g/mol. The van der Waals surface area contributed by atoms with Crippen molar-refractivity contribution in [2.24, 2.45) is 0 Å². The van der Waals surface area contributed by atoms with Crippen molar-refractivity contribution in [3.63, 3.8) is 0 Å². The van der Waals surface area contributed by atoms with E-state index in [-0.39, 0.29) is 27.2 Å². The number of nitro groups is 1. The van der Waals surface area contributed by atoms with E-state index < -0.39 is 10.8 Å². The molecule has 0 aliphatic rings. The first-order valence-electron chi connectivity index (χ1n) is 8.61. The Hall–Kier alpha value is -3.03. The van der Waals surface area contributed by atoms with Gasteiger partial charge in [0.15, 0.2) is 5.22 Å². The molecular formula is C20H18Cl2N2O5. The van der Waals surface area contributed by atoms with Gasteiger partial charge in [0.2, 0.25) is 0 Å². The van der Waals surface area contributed by atoms with Crippen LogP contribution in [0.2, 0.25) is 10.2 Å². The van der Waals surface area contributed by atoms with Crippen LogP contribution in [0, 0.1) is 17.0 Å². The van der Waals surface area contributed by atoms with Crippen molar-refractivity contribution in [3.8, 4) is 17.1 Å². The lowest BCUT2D eigenvalue weighted by atomic mass is 10.1. The largest absolute Gasteiger partial charge is 0.507 e. The second-order valence-corrected chi connectivity index (χ2v) is 6.44. The summed E-state index contributed by atoms with van der Waals surface area (Å²) in [4.78, 5) is 22.8. The van der Waals surface area contributed by atoms with Crippen LogP contribution in [-0.4, -0.2) is 15.9 Å². The zero-order chi connectivity index (χ0) is 21.7. The molecule has 0 fully saturated rings. The van der Waals surface area contributed by atoms with E-state index in [1.807, 2.05) is 13.8 Å². The average Bonchev–Trinajstić information content (AvgIpc) is 3.12. The van der Waals surface area contributed by atoms with Crippen LogP contribution < -0.4 is 5.32 Å². The van der Waals surface area contributed by atoms with Crippen LogP contribution in [0.25, 0.3) is 11.3 Å². The standard InChI is InChI=1S/C18H12Cl2N2O5.C2H6/c1-9-6-10(22(25)26)2-3-14(9)21-18(24)12-7-13(19)11(8-15(12)23)16-4-5-17(20)27-16;1-2/h2-8,23H,1H3,(H,21,24);1-2H3. The molecule has 2 aromatic carbocycles. The van der Waals surface area contributed by atoms with E-state index in [2.05, 4.69) is 5.32 Å². The summed E-state index contributed by atoms with van der Waals surface area (Å²) in [5.41, 5.74) is 1.12. The van der Waals surface area contributed by atoms with Crippen molar-refractivity contribution in [2.75, 3.05) is 5.32 Å². The second-order valence-electron chi connectivity index (χ2n) is 5.66. The molecule has 0 spiro atoms. The third kappa shape index (κ3) is 5.07. The smallest absolute Gasteiger partial charge is 0.269 e. The fraction of sp³-hybridized carbons (Fsp3) is 0.150. The Labute approximate surface area is 177 Å². The first-order valence-corrected chi connectivity index (χ1v) is 9.36. The first-order chi connectivity index (χ1) is 13.8. The highest BCUT2D eigenvalue weighted by Gasteiger charge is 2.18. The number of phenols is 1. The lowest BCUT2D eigenvalue weighted by molar-refractivity contribution is -0.384. The fourth-order valence-corrected chi connectivity index (χ4v) is 2.89. The van der Waals surface area contributed by atoms with E-state index >= 15 is 0 Å². The zero-order valence-electron chi connectivity index (χ0n) is 15.8. The molecule has 0 bridgehead atoms. The molecule has 0 aliphatic carbocycles. The van der Waals surface area contributed by atoms with Crippen LogP contribution in [0.1, 0.15) is 29.8 Å². The number of aromatic hydroxyl groups is 1. The van der Waals surface area contributed by atoms with Gasteiger partial charge in [0.1, 0.15) is 11.5 Å². The van der Waals surface area contributed by atoms with Gasteiger partial charge in [-0.1, -0.05) is 25.4 Å². The number of hydrogen-bond acceptors (Lipinski definition) is 5. The van der Waals surface area contributed by atoms with E-state index in [1.165, 1.54) is 36.4 Å². The second kappa shape index (κ2) is 9.45. The van der Waals surface area contributed by atoms with Gasteiger partial charge in [0, 0.05) is 23.4 Å². The monoisotopic (exact) mass is 436 g/mol. The maximum atomic E-state index is 12.5. The summed E-state index contributed by atoms with van der Waals surface area (Å²) in [6.07, 6.45) is 0. The highest BCUT2D eigenvalue weighted by atomic mass is 35.5. The van der Waals surface area contributed by atoms with Gasteiger partial charge in [0.25, 0.3) is 11.6 Å². The minimum Gasteiger partial charge on any atom is -0.507 e. The highest BCUT2D eigenvalue weighted by Crippen LogP contribution is 2.36. The summed E-state index contributed by atoms with van der Waals surface area (Å²) in [6, 6.07) is 9.76. The van der Waals surface area contributed by atoms with Gasteiger partial charge in [-0.3, -0.25) is 14.9 Å². The molecule has 3 aromatic rings. The van der Waals surface area contributed by atoms with E-state index in [9.17, 15) is 20.0 Å². The molecule has 0 atom stereocenters. The van der Waals surface area contributed by atoms with Crippen molar-refractivity contribution in [3.05, 3.63) is 73.9 Å². The molecule has 1 aromatic heterocycles. The summed E-state index contributed by atoms with van der Waals surface area (Å²) in [6.45, 7) is 5.62. The molecule has 1 heterocycles. The van der Waals surface area contributed by atoms with Gasteiger partial charge in [0.05, 0.1) is 15.5 Å². The van der Waals surface area contributed by atoms with Crippen LogP contribution in [0.3, 0.4) is 0 Å². The van der Waals surface area contributed by atoms with E-state index in [0.29, 0.717) is 22.6 Å². The van der Waals surface area contributed by atoms with E-state index in [0.717, 1.165) is 0 Å². The molecule has 0 saturated carbocycles. The molecule has 2 N–H and O–H groups in total. The van der Waals surface area contributed by atoms with Gasteiger partial charge in [-0.15, -0.1) is 0 Å². The lowest BCUT2D eigenvalue weighted by Gasteiger charge is -2.11. The van der Waals surface area contributed by atoms with Crippen LogP contribution in [0.5, 0.6) is 5.75 Å². The van der Waals surface area contributed by atoms with E-state index in [4.69, 9.17) is 27.6 Å². The predicted octanol–water partition coefficient (Wildman–Crippen LogP) is 6.45. The number of carbonyl (C=O) groups excluding carboxylic acids is 1. The quantitative estimate of drug-likeness (QED) is 0.360. The van der Waals surface area contributed by atoms with Crippen molar-refractivity contribution < 1.29 is 19.2 Å². The summed E-state index contributed by atoms with van der Waals surface area (Å²) >= 11 is 12.0. The lowest BCUT2D eigenvalue weighted by Crippen LogP contribution is -2.13. The van der Waals surface area contributed by atoms with Gasteiger partial charge in [-0.05, 0) is 54.4 Å². The van der Waals surface area contributed by atoms with Crippen LogP contribution in [-0.2, 0) is 0 Å². The summed E-state index contributed by atoms with van der Waals surface area (Å²) < 4.78 is 5.26. The fourth-order valence-electron chi connectivity index (χ4n) is 2.48. The number of furan rings is 1. The Morgan fingerprint density at radius 3 is 2.38 bits per heavy atom. The molecule has 0 unspecified atom stereocenters. The minimum absolute atomic E-state index is 0.0563. The molecule has 3 rings (SSSR count). The van der Waals surface area contributed by atoms with Crippen LogP contribution >= 0.6 is 23.2 Å². The Kier molecular flexibility index (Phi) is 7.25. The molecule has 0 aliphatic heterocycles. The number of nitrogens with zero attached hydrogens (tertiary/aromatic N) is 1. The van der Waals surface area contributed by atoms with Crippen molar-refractivity contribution in [1.82, 2.24) is 0 Å². The number of phenolic OH excluding ortho intramolecular Hbond substituents is 1. The van der Waals surface area contributed by atoms with Gasteiger partial charge in [-0.25, -0.2) is 0 Å². The number of amides is 1. The van der Waals surface area contributed by atoms with Gasteiger partial charge >= 0.3 is 0 Å². The Bertz CT molecular complexity index is 1060. The normalized spacial score (nSPS) is 10.1. The topological polar surface area (TPSA) is 106 Å². The van der Waals surface area contributed by atoms with Crippen molar-refractivity contribution >= 4 is 40.5 Å². The average molecular weight is 437 g/mol. The summed E-state index contributed by atoms with van der Waals surface area (Å²) in [5, 5.41) is 24.0. The maximum absolute atomic E-state index is 12.5. The number of hydrogen-bond donors (Lipinski definition) is 2. The summed E-state index contributed by atoms with van der Waals surface area (Å²) in [5.74, 6) is -0.576. The molecule has 0 radical (unpaired) electrons. The van der Waals surface area contributed by atoms with Gasteiger partial charge in [-0.2, -0.15) is 0 Å². The Morgan fingerprint density at radius 2 is 1.83 bits per heavy atom. The Morgan fingerprint density at radius 1 is 1.14 bits per heavy atom. The molecule has 0 saturated heterocycles. The molecule has 9 heteroatoms. The van der Waals surface area contributed by atoms with Crippen molar-refractivity contribution in [2.45, 2.75) is 20.8 Å². The maximum Gasteiger partial charge on any atom is 0.269 e. The number of rotatable bonds is 4. The third-order valence-corrected chi connectivity index (χ3v) is 4.35. The van der Waals surface area contributed by atoms with Crippen LogP contribution in [0.4, 0.5) is 11.4 Å². The van der Waals surface area contributed by atoms with Gasteiger partial charge < -0.3 is 14.8 Å². The number of carbonyl (C=O) groups is 1. The molecule has 29 heavy (non-hydrogen) atoms. The number of non-ortho nitro benzene ring substituents is 1. The minimum atomic E-state index is -0.615. The highest BCUT2D eigenvalue weighted by molar-refractivity contribution is 6.34.